The van der Waals surface area contributed by atoms with E-state index in [4.69, 9.17) is 0 Å². The maximum Gasteiger partial charge on any atom is 0.0541 e. The lowest BCUT2D eigenvalue weighted by Crippen LogP contribution is -2.17. The molecule has 0 unspecified atom stereocenters. The second-order valence-corrected chi connectivity index (χ2v) is 18.2. The first-order valence-corrected chi connectivity index (χ1v) is 21.5. The zero-order chi connectivity index (χ0) is 41.5. The minimum absolute atomic E-state index is 0.0622. The number of hydrogen-bond acceptors (Lipinski definition) is 1. The number of nitrogens with zero attached hydrogens (tertiary/aromatic N) is 2. The Labute approximate surface area is 359 Å². The SMILES string of the molecule is CC(C)(C)c1ccc2c(c1)C(C)(C)c1cccc(-c3ccccc3N(c3ccc(-c4cccc5ccccc45)cc3)c3cccc(-n4c5ccccc5c5ccccc54)c3)c1-2. The van der Waals surface area contributed by atoms with E-state index >= 15 is 0 Å². The van der Waals surface area contributed by atoms with Gasteiger partial charge >= 0.3 is 0 Å². The highest BCUT2D eigenvalue weighted by atomic mass is 15.1. The van der Waals surface area contributed by atoms with Crippen LogP contribution in [0.1, 0.15) is 51.3 Å². The largest absolute Gasteiger partial charge is 0.310 e. The Balaban J connectivity index is 1.12. The lowest BCUT2D eigenvalue weighted by Gasteiger charge is -2.29. The summed E-state index contributed by atoms with van der Waals surface area (Å²) in [6, 6.07) is 74.1. The summed E-state index contributed by atoms with van der Waals surface area (Å²) >= 11 is 0. The molecule has 0 radical (unpaired) electrons. The Morgan fingerprint density at radius 1 is 0.443 bits per heavy atom. The highest BCUT2D eigenvalue weighted by Gasteiger charge is 2.38. The van der Waals surface area contributed by atoms with Gasteiger partial charge in [0.15, 0.2) is 0 Å². The maximum absolute atomic E-state index is 2.47. The summed E-state index contributed by atoms with van der Waals surface area (Å²) in [4.78, 5) is 2.46. The first-order chi connectivity index (χ1) is 29.7. The van der Waals surface area contributed by atoms with Gasteiger partial charge in [0.05, 0.1) is 16.7 Å². The lowest BCUT2D eigenvalue weighted by molar-refractivity contribution is 0.584. The molecule has 0 spiro atoms. The van der Waals surface area contributed by atoms with Crippen molar-refractivity contribution >= 4 is 49.6 Å². The number of rotatable bonds is 6. The van der Waals surface area contributed by atoms with Crippen LogP contribution in [0.25, 0.3) is 71.6 Å². The molecular weight excluding hydrogens is 737 g/mol. The summed E-state index contributed by atoms with van der Waals surface area (Å²) < 4.78 is 2.41. The molecule has 9 aromatic carbocycles. The fraction of sp³-hybridized carbons (Fsp3) is 0.119. The highest BCUT2D eigenvalue weighted by Crippen LogP contribution is 2.54. The zero-order valence-corrected chi connectivity index (χ0v) is 35.4. The molecule has 0 saturated heterocycles. The molecule has 0 bridgehead atoms. The van der Waals surface area contributed by atoms with Crippen molar-refractivity contribution in [3.8, 4) is 39.1 Å². The molecule has 1 heterocycles. The van der Waals surface area contributed by atoms with Crippen molar-refractivity contribution in [3.63, 3.8) is 0 Å². The third-order valence-corrected chi connectivity index (χ3v) is 13.2. The van der Waals surface area contributed by atoms with Crippen LogP contribution in [0.2, 0.25) is 0 Å². The van der Waals surface area contributed by atoms with Crippen LogP contribution in [0.4, 0.5) is 17.1 Å². The molecule has 0 N–H and O–H groups in total. The van der Waals surface area contributed by atoms with Crippen molar-refractivity contribution in [3.05, 3.63) is 217 Å². The standard InChI is InChI=1S/C59H48N2/c1-58(2,3)41-33-36-51-53(37-41)59(4,5)52-27-16-26-50(57(51)52)49-24-10-11-28-54(49)60(42-34-31-40(32-35-42)46-25-14-18-39-17-6-7-21-45(39)46)43-19-15-20-44(38-43)61-55-29-12-8-22-47(55)48-23-9-13-30-56(48)61/h6-38H,1-5H3. The molecule has 1 aliphatic rings. The number of hydrogen-bond donors (Lipinski definition) is 0. The van der Waals surface area contributed by atoms with Crippen LogP contribution >= 0.6 is 0 Å². The van der Waals surface area contributed by atoms with Gasteiger partial charge in [-0.05, 0) is 109 Å². The average Bonchev–Trinajstić information content (AvgIpc) is 3.75. The van der Waals surface area contributed by atoms with Gasteiger partial charge in [-0.3, -0.25) is 0 Å². The quantitative estimate of drug-likeness (QED) is 0.163. The van der Waals surface area contributed by atoms with Gasteiger partial charge < -0.3 is 9.47 Å². The monoisotopic (exact) mass is 784 g/mol. The van der Waals surface area contributed by atoms with Gasteiger partial charge in [-0.1, -0.05) is 186 Å². The van der Waals surface area contributed by atoms with Crippen molar-refractivity contribution in [2.24, 2.45) is 0 Å². The molecule has 1 aromatic heterocycles. The fourth-order valence-electron chi connectivity index (χ4n) is 10.0. The van der Waals surface area contributed by atoms with E-state index in [-0.39, 0.29) is 10.8 Å². The Hall–Kier alpha value is -7.16. The maximum atomic E-state index is 2.47. The van der Waals surface area contributed by atoms with Gasteiger partial charge in [-0.15, -0.1) is 0 Å². The van der Waals surface area contributed by atoms with Crippen molar-refractivity contribution in [1.82, 2.24) is 4.57 Å². The van der Waals surface area contributed by atoms with E-state index in [9.17, 15) is 0 Å². The lowest BCUT2D eigenvalue weighted by atomic mass is 9.79. The first-order valence-electron chi connectivity index (χ1n) is 21.5. The predicted octanol–water partition coefficient (Wildman–Crippen LogP) is 16.3. The van der Waals surface area contributed by atoms with Crippen LogP contribution in [0.3, 0.4) is 0 Å². The molecule has 61 heavy (non-hydrogen) atoms. The highest BCUT2D eigenvalue weighted by molar-refractivity contribution is 6.09. The van der Waals surface area contributed by atoms with Crippen molar-refractivity contribution < 1.29 is 0 Å². The van der Waals surface area contributed by atoms with E-state index in [1.807, 2.05) is 0 Å². The second kappa shape index (κ2) is 14.0. The minimum atomic E-state index is -0.134. The summed E-state index contributed by atoms with van der Waals surface area (Å²) in [5.74, 6) is 0. The Bertz CT molecular complexity index is 3260. The van der Waals surface area contributed by atoms with Crippen LogP contribution in [0.5, 0.6) is 0 Å². The van der Waals surface area contributed by atoms with E-state index in [0.29, 0.717) is 0 Å². The summed E-state index contributed by atoms with van der Waals surface area (Å²) in [5, 5.41) is 5.02. The smallest absolute Gasteiger partial charge is 0.0541 e. The Morgan fingerprint density at radius 3 is 1.80 bits per heavy atom. The van der Waals surface area contributed by atoms with Gasteiger partial charge in [-0.25, -0.2) is 0 Å². The number of aromatic nitrogens is 1. The van der Waals surface area contributed by atoms with Gasteiger partial charge in [0.1, 0.15) is 0 Å². The molecule has 1 aliphatic carbocycles. The summed E-state index contributed by atoms with van der Waals surface area (Å²) in [5.41, 5.74) is 18.5. The number of benzene rings is 9. The predicted molar refractivity (Wildman–Crippen MR) is 260 cm³/mol. The molecule has 10 aromatic rings. The molecule has 2 heteroatoms. The van der Waals surface area contributed by atoms with Crippen LogP contribution in [0, 0.1) is 0 Å². The van der Waals surface area contributed by atoms with E-state index in [2.05, 4.69) is 244 Å². The molecule has 0 saturated carbocycles. The van der Waals surface area contributed by atoms with Gasteiger partial charge in [0.2, 0.25) is 0 Å². The van der Waals surface area contributed by atoms with E-state index in [1.54, 1.807) is 0 Å². The Morgan fingerprint density at radius 2 is 1.05 bits per heavy atom. The molecular formula is C59H48N2. The van der Waals surface area contributed by atoms with E-state index in [1.165, 1.54) is 82.6 Å². The van der Waals surface area contributed by atoms with Gasteiger partial charge in [0.25, 0.3) is 0 Å². The summed E-state index contributed by atoms with van der Waals surface area (Å²) in [6.07, 6.45) is 0. The molecule has 11 rings (SSSR count). The molecule has 0 amide bonds. The van der Waals surface area contributed by atoms with Crippen molar-refractivity contribution in [2.75, 3.05) is 4.90 Å². The first kappa shape index (κ1) is 36.9. The molecule has 0 aliphatic heterocycles. The van der Waals surface area contributed by atoms with Crippen molar-refractivity contribution in [2.45, 2.75) is 45.4 Å². The fourth-order valence-corrected chi connectivity index (χ4v) is 10.0. The molecule has 2 nitrogen and oxygen atoms in total. The number of anilines is 3. The van der Waals surface area contributed by atoms with Gasteiger partial charge in [-0.2, -0.15) is 0 Å². The third kappa shape index (κ3) is 5.92. The second-order valence-electron chi connectivity index (χ2n) is 18.2. The third-order valence-electron chi connectivity index (χ3n) is 13.2. The minimum Gasteiger partial charge on any atom is -0.310 e. The van der Waals surface area contributed by atoms with Gasteiger partial charge in [0, 0.05) is 38.8 Å². The zero-order valence-electron chi connectivity index (χ0n) is 35.4. The van der Waals surface area contributed by atoms with Crippen LogP contribution in [-0.4, -0.2) is 4.57 Å². The van der Waals surface area contributed by atoms with Crippen molar-refractivity contribution in [1.29, 1.82) is 0 Å². The van der Waals surface area contributed by atoms with Crippen LogP contribution in [0.15, 0.2) is 200 Å². The number of fused-ring (bicyclic) bond motifs is 7. The topological polar surface area (TPSA) is 8.17 Å². The van der Waals surface area contributed by atoms with Crippen LogP contribution in [-0.2, 0) is 10.8 Å². The molecule has 294 valence electrons. The molecule has 0 fully saturated rings. The Kier molecular flexibility index (Phi) is 8.44. The van der Waals surface area contributed by atoms with Crippen LogP contribution < -0.4 is 4.90 Å². The van der Waals surface area contributed by atoms with E-state index < -0.39 is 0 Å². The number of para-hydroxylation sites is 3. The molecule has 0 atom stereocenters. The summed E-state index contributed by atoms with van der Waals surface area (Å²) in [7, 11) is 0. The summed E-state index contributed by atoms with van der Waals surface area (Å²) in [6.45, 7) is 11.7. The van der Waals surface area contributed by atoms with E-state index in [0.717, 1.165) is 22.7 Å². The normalized spacial score (nSPS) is 13.1. The average molecular weight is 785 g/mol.